The fourth-order valence-corrected chi connectivity index (χ4v) is 2.80. The number of nitriles is 1. The summed E-state index contributed by atoms with van der Waals surface area (Å²) in [6, 6.07) is 7.59. The molecule has 1 aromatic carbocycles. The molecule has 2 aromatic rings. The van der Waals surface area contributed by atoms with Crippen molar-refractivity contribution in [2.45, 2.75) is 19.4 Å². The highest BCUT2D eigenvalue weighted by molar-refractivity contribution is 5.71. The van der Waals surface area contributed by atoms with Crippen molar-refractivity contribution in [3.8, 4) is 22.9 Å². The Labute approximate surface area is 130 Å². The SMILES string of the molecule is COc1ccc(C#N)cc1-c1cnn(CC2CCOCC2)c1. The zero-order valence-electron chi connectivity index (χ0n) is 12.7. The standard InChI is InChI=1S/C17H19N3O2/c1-21-17-3-2-14(9-18)8-16(17)15-10-19-20(12-15)11-13-4-6-22-7-5-13/h2-3,8,10,12-13H,4-7,11H2,1H3. The Morgan fingerprint density at radius 1 is 1.41 bits per heavy atom. The number of aromatic nitrogens is 2. The van der Waals surface area contributed by atoms with Gasteiger partial charge in [0, 0.05) is 37.1 Å². The van der Waals surface area contributed by atoms with E-state index in [4.69, 9.17) is 14.7 Å². The molecule has 1 aromatic heterocycles. The summed E-state index contributed by atoms with van der Waals surface area (Å²) in [4.78, 5) is 0. The Kier molecular flexibility index (Phi) is 4.40. The van der Waals surface area contributed by atoms with Crippen molar-refractivity contribution in [1.29, 1.82) is 5.26 Å². The van der Waals surface area contributed by atoms with Gasteiger partial charge in [0.05, 0.1) is 24.9 Å². The average molecular weight is 297 g/mol. The van der Waals surface area contributed by atoms with Crippen molar-refractivity contribution in [2.75, 3.05) is 20.3 Å². The maximum Gasteiger partial charge on any atom is 0.126 e. The van der Waals surface area contributed by atoms with Crippen molar-refractivity contribution in [2.24, 2.45) is 5.92 Å². The lowest BCUT2D eigenvalue weighted by Crippen LogP contribution is -2.20. The van der Waals surface area contributed by atoms with Gasteiger partial charge < -0.3 is 9.47 Å². The topological polar surface area (TPSA) is 60.1 Å². The second-order valence-corrected chi connectivity index (χ2v) is 5.53. The minimum atomic E-state index is 0.618. The van der Waals surface area contributed by atoms with E-state index in [9.17, 15) is 0 Å². The molecule has 0 unspecified atom stereocenters. The summed E-state index contributed by atoms with van der Waals surface area (Å²) in [6.07, 6.45) is 6.03. The summed E-state index contributed by atoms with van der Waals surface area (Å²) in [5, 5.41) is 13.5. The molecule has 1 fully saturated rings. The Hall–Kier alpha value is -2.32. The van der Waals surface area contributed by atoms with Gasteiger partial charge in [-0.05, 0) is 37.0 Å². The van der Waals surface area contributed by atoms with E-state index in [1.165, 1.54) is 0 Å². The first kappa shape index (κ1) is 14.6. The minimum Gasteiger partial charge on any atom is -0.496 e. The highest BCUT2D eigenvalue weighted by atomic mass is 16.5. The monoisotopic (exact) mass is 297 g/mol. The van der Waals surface area contributed by atoms with Crippen LogP contribution in [0, 0.1) is 17.2 Å². The van der Waals surface area contributed by atoms with Crippen LogP contribution in [0.4, 0.5) is 0 Å². The lowest BCUT2D eigenvalue weighted by atomic mass is 10.0. The van der Waals surface area contributed by atoms with E-state index in [-0.39, 0.29) is 0 Å². The van der Waals surface area contributed by atoms with E-state index in [1.54, 1.807) is 13.2 Å². The summed E-state index contributed by atoms with van der Waals surface area (Å²) < 4.78 is 12.8. The van der Waals surface area contributed by atoms with Crippen LogP contribution in [0.3, 0.4) is 0 Å². The fourth-order valence-electron chi connectivity index (χ4n) is 2.80. The van der Waals surface area contributed by atoms with E-state index in [0.717, 1.165) is 49.5 Å². The van der Waals surface area contributed by atoms with Crippen molar-refractivity contribution in [3.63, 3.8) is 0 Å². The van der Waals surface area contributed by atoms with Crippen LogP contribution in [0.25, 0.3) is 11.1 Å². The van der Waals surface area contributed by atoms with Gasteiger partial charge in [-0.15, -0.1) is 0 Å². The quantitative estimate of drug-likeness (QED) is 0.870. The zero-order valence-corrected chi connectivity index (χ0v) is 12.7. The lowest BCUT2D eigenvalue weighted by Gasteiger charge is -2.21. The van der Waals surface area contributed by atoms with Crippen LogP contribution in [0.2, 0.25) is 0 Å². The van der Waals surface area contributed by atoms with E-state index < -0.39 is 0 Å². The first-order valence-electron chi connectivity index (χ1n) is 7.49. The van der Waals surface area contributed by atoms with Crippen LogP contribution >= 0.6 is 0 Å². The average Bonchev–Trinajstić information content (AvgIpc) is 3.03. The molecule has 1 aliphatic rings. The van der Waals surface area contributed by atoms with Crippen molar-refractivity contribution < 1.29 is 9.47 Å². The fraction of sp³-hybridized carbons (Fsp3) is 0.412. The zero-order chi connectivity index (χ0) is 15.4. The molecule has 2 heterocycles. The largest absolute Gasteiger partial charge is 0.496 e. The summed E-state index contributed by atoms with van der Waals surface area (Å²) in [6.45, 7) is 2.59. The number of nitrogens with zero attached hydrogens (tertiary/aromatic N) is 3. The first-order valence-corrected chi connectivity index (χ1v) is 7.49. The molecular formula is C17H19N3O2. The first-order chi connectivity index (χ1) is 10.8. The predicted molar refractivity (Wildman–Crippen MR) is 82.5 cm³/mol. The Morgan fingerprint density at radius 3 is 2.95 bits per heavy atom. The molecule has 0 aliphatic carbocycles. The molecule has 1 aliphatic heterocycles. The van der Waals surface area contributed by atoms with Crippen LogP contribution < -0.4 is 4.74 Å². The summed E-state index contributed by atoms with van der Waals surface area (Å²) in [5.41, 5.74) is 2.49. The molecule has 0 spiro atoms. The highest BCUT2D eigenvalue weighted by Gasteiger charge is 2.16. The van der Waals surface area contributed by atoms with Crippen LogP contribution in [0.5, 0.6) is 5.75 Å². The van der Waals surface area contributed by atoms with Gasteiger partial charge in [-0.3, -0.25) is 4.68 Å². The Balaban J connectivity index is 1.82. The molecule has 1 saturated heterocycles. The van der Waals surface area contributed by atoms with Gasteiger partial charge in [0.25, 0.3) is 0 Å². The molecule has 5 nitrogen and oxygen atoms in total. The summed E-state index contributed by atoms with van der Waals surface area (Å²) in [7, 11) is 1.64. The van der Waals surface area contributed by atoms with Crippen molar-refractivity contribution in [3.05, 3.63) is 36.2 Å². The van der Waals surface area contributed by atoms with Gasteiger partial charge in [-0.1, -0.05) is 0 Å². The molecular weight excluding hydrogens is 278 g/mol. The van der Waals surface area contributed by atoms with Gasteiger partial charge in [0.15, 0.2) is 0 Å². The maximum atomic E-state index is 9.07. The number of ether oxygens (including phenoxy) is 2. The molecule has 3 rings (SSSR count). The van der Waals surface area contributed by atoms with Crippen molar-refractivity contribution in [1.82, 2.24) is 9.78 Å². The molecule has 22 heavy (non-hydrogen) atoms. The Morgan fingerprint density at radius 2 is 2.23 bits per heavy atom. The predicted octanol–water partition coefficient (Wildman–Crippen LogP) is 2.86. The number of methoxy groups -OCH3 is 1. The molecule has 5 heteroatoms. The van der Waals surface area contributed by atoms with Crippen LogP contribution in [-0.4, -0.2) is 30.1 Å². The lowest BCUT2D eigenvalue weighted by molar-refractivity contribution is 0.0601. The van der Waals surface area contributed by atoms with E-state index >= 15 is 0 Å². The smallest absolute Gasteiger partial charge is 0.126 e. The molecule has 0 saturated carbocycles. The second-order valence-electron chi connectivity index (χ2n) is 5.53. The van der Waals surface area contributed by atoms with E-state index in [2.05, 4.69) is 11.2 Å². The van der Waals surface area contributed by atoms with Gasteiger partial charge in [0.2, 0.25) is 0 Å². The molecule has 114 valence electrons. The molecule has 0 amide bonds. The van der Waals surface area contributed by atoms with Gasteiger partial charge in [-0.2, -0.15) is 10.4 Å². The van der Waals surface area contributed by atoms with Crippen LogP contribution in [0.1, 0.15) is 18.4 Å². The molecule has 0 bridgehead atoms. The number of hydrogen-bond donors (Lipinski definition) is 0. The van der Waals surface area contributed by atoms with E-state index in [0.29, 0.717) is 11.5 Å². The van der Waals surface area contributed by atoms with Crippen LogP contribution in [0.15, 0.2) is 30.6 Å². The maximum absolute atomic E-state index is 9.07. The summed E-state index contributed by atoms with van der Waals surface area (Å²) in [5.74, 6) is 1.37. The highest BCUT2D eigenvalue weighted by Crippen LogP contribution is 2.30. The van der Waals surface area contributed by atoms with Crippen LogP contribution in [-0.2, 0) is 11.3 Å². The molecule has 0 N–H and O–H groups in total. The van der Waals surface area contributed by atoms with Gasteiger partial charge in [-0.25, -0.2) is 0 Å². The van der Waals surface area contributed by atoms with E-state index in [1.807, 2.05) is 29.2 Å². The molecule has 0 atom stereocenters. The van der Waals surface area contributed by atoms with Crippen molar-refractivity contribution >= 4 is 0 Å². The second kappa shape index (κ2) is 6.63. The third-order valence-corrected chi connectivity index (χ3v) is 4.06. The summed E-state index contributed by atoms with van der Waals surface area (Å²) >= 11 is 0. The number of rotatable bonds is 4. The number of hydrogen-bond acceptors (Lipinski definition) is 4. The number of benzene rings is 1. The van der Waals surface area contributed by atoms with Gasteiger partial charge >= 0.3 is 0 Å². The molecule has 0 radical (unpaired) electrons. The third-order valence-electron chi connectivity index (χ3n) is 4.06. The normalized spacial score (nSPS) is 15.5. The third kappa shape index (κ3) is 3.12. The Bertz CT molecular complexity index is 681. The van der Waals surface area contributed by atoms with Gasteiger partial charge in [0.1, 0.15) is 5.75 Å². The minimum absolute atomic E-state index is 0.618.